The molecule has 1 N–H and O–H groups in total. The Labute approximate surface area is 84.5 Å². The molecule has 0 aliphatic heterocycles. The third-order valence-electron chi connectivity index (χ3n) is 2.05. The zero-order chi connectivity index (χ0) is 10.2. The van der Waals surface area contributed by atoms with E-state index in [0.717, 1.165) is 0 Å². The first-order valence-corrected chi connectivity index (χ1v) is 4.51. The minimum absolute atomic E-state index is 0.260. The average Bonchev–Trinajstić information content (AvgIpc) is 2.13. The fourth-order valence-electron chi connectivity index (χ4n) is 1.12. The van der Waals surface area contributed by atoms with Crippen LogP contribution >= 0.6 is 15.9 Å². The average molecular weight is 249 g/mol. The van der Waals surface area contributed by atoms with Gasteiger partial charge in [-0.2, -0.15) is 0 Å². The first-order chi connectivity index (χ1) is 6.00. The molecule has 2 nitrogen and oxygen atoms in total. The second-order valence-electron chi connectivity index (χ2n) is 2.76. The Morgan fingerprint density at radius 1 is 1.31 bits per heavy atom. The standard InChI is InChI=1S/C9H10BrFO2/c1-4-5(2)9(13-3)6(10)8(12)7(4)11/h12H,1-3H3. The summed E-state index contributed by atoms with van der Waals surface area (Å²) < 4.78 is 18.5. The molecule has 0 atom stereocenters. The van der Waals surface area contributed by atoms with Gasteiger partial charge in [-0.1, -0.05) is 0 Å². The van der Waals surface area contributed by atoms with E-state index in [9.17, 15) is 9.50 Å². The molecule has 0 bridgehead atoms. The highest BCUT2D eigenvalue weighted by Crippen LogP contribution is 2.40. The van der Waals surface area contributed by atoms with Crippen LogP contribution in [0.5, 0.6) is 11.5 Å². The van der Waals surface area contributed by atoms with E-state index in [0.29, 0.717) is 16.9 Å². The minimum atomic E-state index is -0.606. The molecule has 72 valence electrons. The molecule has 13 heavy (non-hydrogen) atoms. The summed E-state index contributed by atoms with van der Waals surface area (Å²) in [7, 11) is 1.48. The molecular formula is C9H10BrFO2. The number of hydrogen-bond donors (Lipinski definition) is 1. The van der Waals surface area contributed by atoms with E-state index >= 15 is 0 Å². The van der Waals surface area contributed by atoms with Gasteiger partial charge in [0, 0.05) is 0 Å². The molecular weight excluding hydrogens is 239 g/mol. The van der Waals surface area contributed by atoms with E-state index < -0.39 is 11.6 Å². The number of aromatic hydroxyl groups is 1. The van der Waals surface area contributed by atoms with Gasteiger partial charge in [-0.25, -0.2) is 4.39 Å². The maximum absolute atomic E-state index is 13.2. The monoisotopic (exact) mass is 248 g/mol. The fourth-order valence-corrected chi connectivity index (χ4v) is 1.76. The largest absolute Gasteiger partial charge is 0.504 e. The van der Waals surface area contributed by atoms with Gasteiger partial charge in [-0.3, -0.25) is 0 Å². The number of rotatable bonds is 1. The van der Waals surface area contributed by atoms with E-state index in [1.807, 2.05) is 0 Å². The highest BCUT2D eigenvalue weighted by Gasteiger charge is 2.17. The molecule has 4 heteroatoms. The molecule has 0 fully saturated rings. The maximum Gasteiger partial charge on any atom is 0.169 e. The van der Waals surface area contributed by atoms with E-state index in [1.165, 1.54) is 7.11 Å². The van der Waals surface area contributed by atoms with E-state index in [2.05, 4.69) is 15.9 Å². The Kier molecular flexibility index (Phi) is 2.81. The SMILES string of the molecule is COc1c(C)c(C)c(F)c(O)c1Br. The van der Waals surface area contributed by atoms with Gasteiger partial charge >= 0.3 is 0 Å². The predicted octanol–water partition coefficient (Wildman–Crippen LogP) is 2.92. The number of ether oxygens (including phenoxy) is 1. The van der Waals surface area contributed by atoms with Crippen molar-refractivity contribution in [3.8, 4) is 11.5 Å². The van der Waals surface area contributed by atoms with Gasteiger partial charge in [0.15, 0.2) is 11.6 Å². The Balaban J connectivity index is 3.56. The van der Waals surface area contributed by atoms with Gasteiger partial charge < -0.3 is 9.84 Å². The Morgan fingerprint density at radius 3 is 2.31 bits per heavy atom. The summed E-state index contributed by atoms with van der Waals surface area (Å²) in [6.07, 6.45) is 0. The summed E-state index contributed by atoms with van der Waals surface area (Å²) in [5, 5.41) is 9.32. The van der Waals surface area contributed by atoms with E-state index in [1.54, 1.807) is 13.8 Å². The molecule has 0 saturated heterocycles. The third-order valence-corrected chi connectivity index (χ3v) is 2.79. The smallest absolute Gasteiger partial charge is 0.169 e. The second kappa shape index (κ2) is 3.54. The predicted molar refractivity (Wildman–Crippen MR) is 51.8 cm³/mol. The van der Waals surface area contributed by atoms with Crippen molar-refractivity contribution < 1.29 is 14.2 Å². The summed E-state index contributed by atoms with van der Waals surface area (Å²) in [6, 6.07) is 0. The molecule has 1 rings (SSSR count). The van der Waals surface area contributed by atoms with Crippen molar-refractivity contribution in [3.05, 3.63) is 21.4 Å². The summed E-state index contributed by atoms with van der Waals surface area (Å²) in [5.41, 5.74) is 1.09. The van der Waals surface area contributed by atoms with Crippen molar-refractivity contribution in [3.63, 3.8) is 0 Å². The molecule has 0 aromatic heterocycles. The topological polar surface area (TPSA) is 29.5 Å². The van der Waals surface area contributed by atoms with Crippen LogP contribution in [0.15, 0.2) is 4.47 Å². The molecule has 0 saturated carbocycles. The fraction of sp³-hybridized carbons (Fsp3) is 0.333. The van der Waals surface area contributed by atoms with Gasteiger partial charge in [-0.15, -0.1) is 0 Å². The van der Waals surface area contributed by atoms with E-state index in [4.69, 9.17) is 4.74 Å². The summed E-state index contributed by atoms with van der Waals surface area (Å²) in [4.78, 5) is 0. The minimum Gasteiger partial charge on any atom is -0.504 e. The lowest BCUT2D eigenvalue weighted by Crippen LogP contribution is -1.95. The molecule has 0 unspecified atom stereocenters. The Bertz CT molecular complexity index is 321. The lowest BCUT2D eigenvalue weighted by Gasteiger charge is -2.12. The van der Waals surface area contributed by atoms with Crippen molar-refractivity contribution in [2.75, 3.05) is 7.11 Å². The van der Waals surface area contributed by atoms with Gasteiger partial charge in [-0.05, 0) is 40.9 Å². The van der Waals surface area contributed by atoms with Crippen LogP contribution in [0.1, 0.15) is 11.1 Å². The molecule has 0 amide bonds. The quantitative estimate of drug-likeness (QED) is 0.829. The lowest BCUT2D eigenvalue weighted by molar-refractivity contribution is 0.387. The molecule has 1 aromatic rings. The van der Waals surface area contributed by atoms with Gasteiger partial charge in [0.1, 0.15) is 10.2 Å². The van der Waals surface area contributed by atoms with Crippen LogP contribution in [0, 0.1) is 19.7 Å². The van der Waals surface area contributed by atoms with Crippen LogP contribution in [-0.2, 0) is 0 Å². The van der Waals surface area contributed by atoms with Crippen LogP contribution < -0.4 is 4.74 Å². The van der Waals surface area contributed by atoms with Gasteiger partial charge in [0.25, 0.3) is 0 Å². The number of phenols is 1. The zero-order valence-electron chi connectivity index (χ0n) is 7.61. The lowest BCUT2D eigenvalue weighted by atomic mass is 10.1. The van der Waals surface area contributed by atoms with Gasteiger partial charge in [0.05, 0.1) is 7.11 Å². The first kappa shape index (κ1) is 10.3. The normalized spacial score (nSPS) is 10.2. The van der Waals surface area contributed by atoms with Crippen LogP contribution in [0.25, 0.3) is 0 Å². The van der Waals surface area contributed by atoms with Gasteiger partial charge in [0.2, 0.25) is 0 Å². The summed E-state index contributed by atoms with van der Waals surface area (Å²) >= 11 is 3.06. The second-order valence-corrected chi connectivity index (χ2v) is 3.55. The molecule has 1 aromatic carbocycles. The number of benzene rings is 1. The van der Waals surface area contributed by atoms with Crippen LogP contribution in [0.2, 0.25) is 0 Å². The highest BCUT2D eigenvalue weighted by molar-refractivity contribution is 9.10. The summed E-state index contributed by atoms with van der Waals surface area (Å²) in [6.45, 7) is 3.33. The number of phenolic OH excluding ortho intramolecular Hbond substituents is 1. The highest BCUT2D eigenvalue weighted by atomic mass is 79.9. The van der Waals surface area contributed by atoms with Crippen LogP contribution in [-0.4, -0.2) is 12.2 Å². The van der Waals surface area contributed by atoms with E-state index in [-0.39, 0.29) is 4.47 Å². The number of halogens is 2. The van der Waals surface area contributed by atoms with Crippen LogP contribution in [0.4, 0.5) is 4.39 Å². The Morgan fingerprint density at radius 2 is 1.85 bits per heavy atom. The first-order valence-electron chi connectivity index (χ1n) is 3.71. The molecule has 0 spiro atoms. The molecule has 0 heterocycles. The maximum atomic E-state index is 13.2. The number of hydrogen-bond acceptors (Lipinski definition) is 2. The van der Waals surface area contributed by atoms with Crippen LogP contribution in [0.3, 0.4) is 0 Å². The zero-order valence-corrected chi connectivity index (χ0v) is 9.20. The Hall–Kier alpha value is -0.770. The third kappa shape index (κ3) is 1.50. The van der Waals surface area contributed by atoms with Crippen molar-refractivity contribution >= 4 is 15.9 Å². The van der Waals surface area contributed by atoms with Crippen molar-refractivity contribution in [2.24, 2.45) is 0 Å². The molecule has 0 aliphatic rings. The molecule has 0 aliphatic carbocycles. The van der Waals surface area contributed by atoms with Crippen molar-refractivity contribution in [1.29, 1.82) is 0 Å². The number of methoxy groups -OCH3 is 1. The summed E-state index contributed by atoms with van der Waals surface area (Å²) in [5.74, 6) is -0.540. The van der Waals surface area contributed by atoms with Crippen molar-refractivity contribution in [1.82, 2.24) is 0 Å². The van der Waals surface area contributed by atoms with Crippen molar-refractivity contribution in [2.45, 2.75) is 13.8 Å². The molecule has 0 radical (unpaired) electrons.